The number of Topliss-reactive ketones (excluding diaryl/α,β-unsaturated/α-hetero) is 2. The van der Waals surface area contributed by atoms with Crippen molar-refractivity contribution < 1.29 is 23.8 Å². The first-order chi connectivity index (χ1) is 13.5. The number of ketones is 2. The van der Waals surface area contributed by atoms with Crippen molar-refractivity contribution in [3.8, 4) is 11.5 Å². The number of hydrogen-bond acceptors (Lipinski definition) is 5. The van der Waals surface area contributed by atoms with Crippen molar-refractivity contribution in [3.05, 3.63) is 43.9 Å². The minimum atomic E-state index is -0.377. The summed E-state index contributed by atoms with van der Waals surface area (Å²) in [4.78, 5) is 25.8. The van der Waals surface area contributed by atoms with Crippen LogP contribution in [0.2, 0.25) is 0 Å². The Balaban J connectivity index is 1.92. The van der Waals surface area contributed by atoms with E-state index in [2.05, 4.69) is 22.6 Å². The topological polar surface area (TPSA) is 61.8 Å². The molecule has 3 aliphatic rings. The molecule has 0 saturated heterocycles. The third kappa shape index (κ3) is 3.25. The summed E-state index contributed by atoms with van der Waals surface area (Å²) >= 11 is 2.22. The molecule has 0 fully saturated rings. The highest BCUT2D eigenvalue weighted by Crippen LogP contribution is 2.49. The fraction of sp³-hybridized carbons (Fsp3) is 0.455. The molecule has 4 rings (SSSR count). The van der Waals surface area contributed by atoms with E-state index in [1.165, 1.54) is 0 Å². The number of benzene rings is 1. The van der Waals surface area contributed by atoms with Gasteiger partial charge in [0.2, 0.25) is 0 Å². The molecule has 0 spiro atoms. The lowest BCUT2D eigenvalue weighted by atomic mass is 9.73. The van der Waals surface area contributed by atoms with Crippen LogP contribution in [0.1, 0.15) is 56.9 Å². The molecule has 0 bridgehead atoms. The molecule has 148 valence electrons. The molecule has 0 aromatic heterocycles. The average molecular weight is 494 g/mol. The lowest BCUT2D eigenvalue weighted by molar-refractivity contribution is -0.117. The highest BCUT2D eigenvalue weighted by Gasteiger charge is 2.42. The Morgan fingerprint density at radius 2 is 1.64 bits per heavy atom. The molecule has 0 saturated carbocycles. The maximum Gasteiger partial charge on any atom is 0.174 e. The lowest BCUT2D eigenvalue weighted by Gasteiger charge is -2.36. The van der Waals surface area contributed by atoms with Crippen LogP contribution < -0.4 is 9.47 Å². The SMILES string of the molecule is CCOc1cc(C2C3=C(CCCC3=O)OC3=C2C(=O)CCC3)cc(I)c1OC. The lowest BCUT2D eigenvalue weighted by Crippen LogP contribution is -2.30. The molecule has 0 N–H and O–H groups in total. The van der Waals surface area contributed by atoms with Gasteiger partial charge in [-0.15, -0.1) is 0 Å². The first-order valence-corrected chi connectivity index (χ1v) is 10.8. The molecule has 2 aliphatic carbocycles. The van der Waals surface area contributed by atoms with Crippen LogP contribution in [0.3, 0.4) is 0 Å². The van der Waals surface area contributed by atoms with E-state index >= 15 is 0 Å². The Labute approximate surface area is 178 Å². The number of allylic oxidation sites excluding steroid dienone is 4. The quantitative estimate of drug-likeness (QED) is 0.562. The number of methoxy groups -OCH3 is 1. The van der Waals surface area contributed by atoms with Crippen LogP contribution in [0.15, 0.2) is 34.8 Å². The van der Waals surface area contributed by atoms with Crippen LogP contribution in [0.5, 0.6) is 11.5 Å². The van der Waals surface area contributed by atoms with Crippen molar-refractivity contribution in [1.82, 2.24) is 0 Å². The standard InChI is InChI=1S/C22H23IO5/c1-3-27-18-11-12(10-13(23)22(18)26-2)19-20-14(24)6-4-8-16(20)28-17-9-5-7-15(25)21(17)19/h10-11,19H,3-9H2,1-2H3. The molecule has 6 heteroatoms. The largest absolute Gasteiger partial charge is 0.492 e. The second kappa shape index (κ2) is 7.89. The fourth-order valence-corrected chi connectivity index (χ4v) is 5.21. The van der Waals surface area contributed by atoms with Crippen molar-refractivity contribution in [2.45, 2.75) is 51.4 Å². The number of rotatable bonds is 4. The van der Waals surface area contributed by atoms with Crippen LogP contribution in [0, 0.1) is 3.57 Å². The summed E-state index contributed by atoms with van der Waals surface area (Å²) in [6.45, 7) is 2.42. The minimum absolute atomic E-state index is 0.0833. The first kappa shape index (κ1) is 19.5. The summed E-state index contributed by atoms with van der Waals surface area (Å²) in [7, 11) is 1.62. The van der Waals surface area contributed by atoms with Gasteiger partial charge >= 0.3 is 0 Å². The zero-order chi connectivity index (χ0) is 19.8. The molecular formula is C22H23IO5. The van der Waals surface area contributed by atoms with Gasteiger partial charge in [-0.2, -0.15) is 0 Å². The second-order valence-corrected chi connectivity index (χ2v) is 8.39. The van der Waals surface area contributed by atoms with Gasteiger partial charge in [-0.1, -0.05) is 0 Å². The summed E-state index contributed by atoms with van der Waals surface area (Å²) < 4.78 is 18.3. The molecule has 28 heavy (non-hydrogen) atoms. The number of halogens is 1. The zero-order valence-corrected chi connectivity index (χ0v) is 18.3. The van der Waals surface area contributed by atoms with Gasteiger partial charge in [0, 0.05) is 42.7 Å². The molecule has 0 radical (unpaired) electrons. The van der Waals surface area contributed by atoms with Crippen molar-refractivity contribution in [2.75, 3.05) is 13.7 Å². The van der Waals surface area contributed by atoms with Gasteiger partial charge in [0.1, 0.15) is 11.5 Å². The van der Waals surface area contributed by atoms with Gasteiger partial charge < -0.3 is 14.2 Å². The van der Waals surface area contributed by atoms with E-state index in [-0.39, 0.29) is 17.5 Å². The highest BCUT2D eigenvalue weighted by molar-refractivity contribution is 14.1. The van der Waals surface area contributed by atoms with Gasteiger partial charge in [-0.25, -0.2) is 0 Å². The maximum atomic E-state index is 12.9. The number of carbonyl (C=O) groups is 2. The van der Waals surface area contributed by atoms with Crippen LogP contribution in [-0.4, -0.2) is 25.3 Å². The summed E-state index contributed by atoms with van der Waals surface area (Å²) in [6.07, 6.45) is 4.08. The molecule has 0 amide bonds. The first-order valence-electron chi connectivity index (χ1n) is 9.75. The van der Waals surface area contributed by atoms with Crippen LogP contribution >= 0.6 is 22.6 Å². The van der Waals surface area contributed by atoms with E-state index in [0.29, 0.717) is 42.1 Å². The van der Waals surface area contributed by atoms with Crippen molar-refractivity contribution in [1.29, 1.82) is 0 Å². The third-order valence-electron chi connectivity index (χ3n) is 5.51. The second-order valence-electron chi connectivity index (χ2n) is 7.23. The van der Waals surface area contributed by atoms with Gasteiger partial charge in [-0.05, 0) is 60.1 Å². The summed E-state index contributed by atoms with van der Waals surface area (Å²) in [5.41, 5.74) is 2.20. The van der Waals surface area contributed by atoms with Crippen LogP contribution in [0.4, 0.5) is 0 Å². The Kier molecular flexibility index (Phi) is 5.49. The highest BCUT2D eigenvalue weighted by atomic mass is 127. The number of ether oxygens (including phenoxy) is 3. The van der Waals surface area contributed by atoms with E-state index in [1.807, 2.05) is 19.1 Å². The molecule has 1 heterocycles. The Morgan fingerprint density at radius 1 is 1.04 bits per heavy atom. The molecule has 1 aromatic carbocycles. The van der Waals surface area contributed by atoms with Gasteiger partial charge in [0.25, 0.3) is 0 Å². The molecule has 0 unspecified atom stereocenters. The predicted octanol–water partition coefficient (Wildman–Crippen LogP) is 4.83. The van der Waals surface area contributed by atoms with E-state index in [1.54, 1.807) is 7.11 Å². The van der Waals surface area contributed by atoms with Gasteiger partial charge in [0.15, 0.2) is 23.1 Å². The predicted molar refractivity (Wildman–Crippen MR) is 112 cm³/mol. The Morgan fingerprint density at radius 3 is 2.18 bits per heavy atom. The molecule has 1 aromatic rings. The summed E-state index contributed by atoms with van der Waals surface area (Å²) in [6, 6.07) is 3.91. The normalized spacial score (nSPS) is 20.0. The van der Waals surface area contributed by atoms with E-state index in [0.717, 1.165) is 46.3 Å². The van der Waals surface area contributed by atoms with Gasteiger partial charge in [-0.3, -0.25) is 9.59 Å². The molecule has 0 atom stereocenters. The number of hydrogen-bond donors (Lipinski definition) is 0. The van der Waals surface area contributed by atoms with Crippen LogP contribution in [0.25, 0.3) is 0 Å². The maximum absolute atomic E-state index is 12.9. The minimum Gasteiger partial charge on any atom is -0.492 e. The van der Waals surface area contributed by atoms with E-state index < -0.39 is 0 Å². The molecule has 5 nitrogen and oxygen atoms in total. The zero-order valence-electron chi connectivity index (χ0n) is 16.1. The summed E-state index contributed by atoms with van der Waals surface area (Å²) in [5.74, 6) is 2.59. The Hall–Kier alpha value is -1.83. The van der Waals surface area contributed by atoms with Crippen LogP contribution in [-0.2, 0) is 14.3 Å². The van der Waals surface area contributed by atoms with Crippen molar-refractivity contribution in [3.63, 3.8) is 0 Å². The Bertz CT molecular complexity index is 870. The van der Waals surface area contributed by atoms with E-state index in [4.69, 9.17) is 14.2 Å². The van der Waals surface area contributed by atoms with Crippen molar-refractivity contribution >= 4 is 34.2 Å². The van der Waals surface area contributed by atoms with Gasteiger partial charge in [0.05, 0.1) is 17.3 Å². The third-order valence-corrected chi connectivity index (χ3v) is 6.31. The van der Waals surface area contributed by atoms with Crippen molar-refractivity contribution in [2.24, 2.45) is 0 Å². The summed E-state index contributed by atoms with van der Waals surface area (Å²) in [5, 5.41) is 0. The monoisotopic (exact) mass is 494 g/mol. The smallest absolute Gasteiger partial charge is 0.174 e. The fourth-order valence-electron chi connectivity index (χ4n) is 4.37. The molecular weight excluding hydrogens is 471 g/mol. The van der Waals surface area contributed by atoms with E-state index in [9.17, 15) is 9.59 Å². The molecule has 1 aliphatic heterocycles. The number of carbonyl (C=O) groups excluding carboxylic acids is 2. The average Bonchev–Trinajstić information content (AvgIpc) is 2.67.